The molecule has 2 amide bonds. The van der Waals surface area contributed by atoms with Gasteiger partial charge in [0.2, 0.25) is 0 Å². The molecule has 0 unspecified atom stereocenters. The summed E-state index contributed by atoms with van der Waals surface area (Å²) in [5, 5.41) is 3.93. The Hall–Kier alpha value is -3.19. The minimum Gasteiger partial charge on any atom is -0.496 e. The second-order valence-corrected chi connectivity index (χ2v) is 10.5. The van der Waals surface area contributed by atoms with Gasteiger partial charge in [-0.3, -0.25) is 9.59 Å². The predicted molar refractivity (Wildman–Crippen MR) is 134 cm³/mol. The van der Waals surface area contributed by atoms with Gasteiger partial charge in [0.1, 0.15) is 11.4 Å². The Morgan fingerprint density at radius 3 is 2.71 bits per heavy atom. The molecule has 0 bridgehead atoms. The average Bonchev–Trinajstić information content (AvgIpc) is 3.30. The van der Waals surface area contributed by atoms with Crippen molar-refractivity contribution in [1.29, 1.82) is 0 Å². The largest absolute Gasteiger partial charge is 0.496 e. The lowest BCUT2D eigenvalue weighted by Gasteiger charge is -2.27. The molecule has 1 N–H and O–H groups in total. The van der Waals surface area contributed by atoms with Crippen molar-refractivity contribution >= 4 is 23.2 Å². The summed E-state index contributed by atoms with van der Waals surface area (Å²) in [6.45, 7) is 6.35. The van der Waals surface area contributed by atoms with Crippen LogP contribution in [0.15, 0.2) is 42.5 Å². The molecule has 1 saturated carbocycles. The zero-order valence-corrected chi connectivity index (χ0v) is 20.7. The second kappa shape index (κ2) is 8.87. The van der Waals surface area contributed by atoms with Gasteiger partial charge >= 0.3 is 0 Å². The number of rotatable bonds is 6. The number of likely N-dealkylation sites (tertiary alicyclic amines) is 1. The lowest BCUT2D eigenvalue weighted by molar-refractivity contribution is 0.0684. The van der Waals surface area contributed by atoms with E-state index in [1.165, 1.54) is 0 Å². The van der Waals surface area contributed by atoms with Crippen molar-refractivity contribution in [3.8, 4) is 16.2 Å². The number of carbonyl (C=O) groups is 2. The molecule has 2 aliphatic rings. The van der Waals surface area contributed by atoms with Crippen LogP contribution in [0, 0.1) is 26.7 Å². The number of hydrogen-bond acceptors (Lipinski definition) is 5. The van der Waals surface area contributed by atoms with Crippen molar-refractivity contribution in [2.75, 3.05) is 13.7 Å². The summed E-state index contributed by atoms with van der Waals surface area (Å²) in [7, 11) is 1.62. The highest BCUT2D eigenvalue weighted by atomic mass is 32.1. The van der Waals surface area contributed by atoms with E-state index in [2.05, 4.69) is 29.4 Å². The summed E-state index contributed by atoms with van der Waals surface area (Å²) < 4.78 is 5.29. The summed E-state index contributed by atoms with van der Waals surface area (Å²) in [5.41, 5.74) is 4.22. The van der Waals surface area contributed by atoms with Crippen LogP contribution in [0.2, 0.25) is 0 Å². The van der Waals surface area contributed by atoms with Crippen molar-refractivity contribution in [3.63, 3.8) is 0 Å². The number of benzene rings is 2. The topological polar surface area (TPSA) is 71.5 Å². The van der Waals surface area contributed by atoms with Gasteiger partial charge in [0, 0.05) is 18.2 Å². The molecule has 1 saturated heterocycles. The molecule has 2 heterocycles. The molecular formula is C27H29N3O3S. The van der Waals surface area contributed by atoms with Crippen LogP contribution < -0.4 is 10.1 Å². The van der Waals surface area contributed by atoms with E-state index in [9.17, 15) is 9.59 Å². The molecule has 6 nitrogen and oxygen atoms in total. The Morgan fingerprint density at radius 1 is 1.15 bits per heavy atom. The van der Waals surface area contributed by atoms with Crippen molar-refractivity contribution in [3.05, 3.63) is 69.9 Å². The number of piperidine rings is 1. The van der Waals surface area contributed by atoms with Gasteiger partial charge in [-0.2, -0.15) is 0 Å². The standard InChI is InChI=1S/C27H29N3O3S/c1-15-6-5-7-18(10-15)25-24(29-17(3)34-25)27(32)30-21(12-20-13-22(20)30)14-28-26(31)19-8-9-23(33-4)16(2)11-19/h5-11,20-22H,12-14H2,1-4H3,(H,28,31)/t20-,21+,22+/m1/s1. The maximum absolute atomic E-state index is 13.8. The Balaban J connectivity index is 1.34. The van der Waals surface area contributed by atoms with Gasteiger partial charge in [-0.05, 0) is 68.9 Å². The van der Waals surface area contributed by atoms with Crippen molar-refractivity contribution in [2.45, 2.75) is 45.7 Å². The average molecular weight is 476 g/mol. The van der Waals surface area contributed by atoms with Crippen LogP contribution in [-0.2, 0) is 0 Å². The lowest BCUT2D eigenvalue weighted by Crippen LogP contribution is -2.45. The quantitative estimate of drug-likeness (QED) is 0.557. The summed E-state index contributed by atoms with van der Waals surface area (Å²) in [5.74, 6) is 1.12. The Bertz CT molecular complexity index is 1270. The molecule has 5 rings (SSSR count). The van der Waals surface area contributed by atoms with Crippen LogP contribution >= 0.6 is 11.3 Å². The third kappa shape index (κ3) is 4.20. The second-order valence-electron chi connectivity index (χ2n) is 9.34. The molecule has 0 spiro atoms. The summed E-state index contributed by atoms with van der Waals surface area (Å²) in [6, 6.07) is 13.8. The minimum absolute atomic E-state index is 0.0214. The van der Waals surface area contributed by atoms with Crippen LogP contribution in [0.4, 0.5) is 0 Å². The molecule has 34 heavy (non-hydrogen) atoms. The van der Waals surface area contributed by atoms with E-state index in [0.717, 1.165) is 45.2 Å². The van der Waals surface area contributed by atoms with E-state index in [-0.39, 0.29) is 23.9 Å². The number of amides is 2. The zero-order chi connectivity index (χ0) is 24.0. The van der Waals surface area contributed by atoms with E-state index < -0.39 is 0 Å². The van der Waals surface area contributed by atoms with Gasteiger partial charge in [0.25, 0.3) is 11.8 Å². The number of aryl methyl sites for hydroxylation is 3. The van der Waals surface area contributed by atoms with E-state index in [1.807, 2.05) is 43.0 Å². The van der Waals surface area contributed by atoms with Crippen LogP contribution in [-0.4, -0.2) is 47.4 Å². The van der Waals surface area contributed by atoms with Gasteiger partial charge in [0.15, 0.2) is 0 Å². The van der Waals surface area contributed by atoms with Gasteiger partial charge < -0.3 is 15.0 Å². The number of thiazole rings is 1. The predicted octanol–water partition coefficient (Wildman–Crippen LogP) is 4.78. The van der Waals surface area contributed by atoms with E-state index in [1.54, 1.807) is 24.5 Å². The number of ether oxygens (including phenoxy) is 1. The third-order valence-corrected chi connectivity index (χ3v) is 7.84. The smallest absolute Gasteiger partial charge is 0.274 e. The molecule has 1 aromatic heterocycles. The molecule has 176 valence electrons. The number of hydrogen-bond donors (Lipinski definition) is 1. The summed E-state index contributed by atoms with van der Waals surface area (Å²) in [6.07, 6.45) is 1.96. The molecular weight excluding hydrogens is 446 g/mol. The Kier molecular flexibility index (Phi) is 5.90. The van der Waals surface area contributed by atoms with Gasteiger partial charge in [-0.1, -0.05) is 29.8 Å². The fourth-order valence-corrected chi connectivity index (χ4v) is 5.97. The van der Waals surface area contributed by atoms with Crippen LogP contribution in [0.25, 0.3) is 10.4 Å². The van der Waals surface area contributed by atoms with Crippen LogP contribution in [0.5, 0.6) is 5.75 Å². The number of fused-ring (bicyclic) bond motifs is 1. The molecule has 1 aliphatic heterocycles. The first-order valence-electron chi connectivity index (χ1n) is 11.7. The summed E-state index contributed by atoms with van der Waals surface area (Å²) in [4.78, 5) is 34.1. The molecule has 2 fully saturated rings. The van der Waals surface area contributed by atoms with Gasteiger partial charge in [-0.25, -0.2) is 4.98 Å². The highest BCUT2D eigenvalue weighted by molar-refractivity contribution is 7.15. The molecule has 2 aromatic carbocycles. The maximum Gasteiger partial charge on any atom is 0.274 e. The van der Waals surface area contributed by atoms with Crippen molar-refractivity contribution in [1.82, 2.24) is 15.2 Å². The Morgan fingerprint density at radius 2 is 1.97 bits per heavy atom. The fraction of sp³-hybridized carbons (Fsp3) is 0.370. The number of carbonyl (C=O) groups excluding carboxylic acids is 2. The van der Waals surface area contributed by atoms with Crippen molar-refractivity contribution in [2.24, 2.45) is 5.92 Å². The van der Waals surface area contributed by atoms with Crippen LogP contribution in [0.3, 0.4) is 0 Å². The number of nitrogens with zero attached hydrogens (tertiary/aromatic N) is 2. The first kappa shape index (κ1) is 22.6. The first-order chi connectivity index (χ1) is 16.4. The minimum atomic E-state index is -0.135. The first-order valence-corrected chi connectivity index (χ1v) is 12.5. The molecule has 7 heteroatoms. The van der Waals surface area contributed by atoms with E-state index >= 15 is 0 Å². The molecule has 0 radical (unpaired) electrons. The van der Waals surface area contributed by atoms with Gasteiger partial charge in [-0.15, -0.1) is 11.3 Å². The van der Waals surface area contributed by atoms with Crippen LogP contribution in [0.1, 0.15) is 49.8 Å². The fourth-order valence-electron chi connectivity index (χ4n) is 5.07. The Labute approximate surface area is 204 Å². The number of methoxy groups -OCH3 is 1. The summed E-state index contributed by atoms with van der Waals surface area (Å²) >= 11 is 1.56. The molecule has 3 atom stereocenters. The third-order valence-electron chi connectivity index (χ3n) is 6.82. The molecule has 1 aliphatic carbocycles. The lowest BCUT2D eigenvalue weighted by atomic mass is 10.1. The van der Waals surface area contributed by atoms with E-state index in [0.29, 0.717) is 23.7 Å². The normalized spacial score (nSPS) is 20.7. The monoisotopic (exact) mass is 475 g/mol. The zero-order valence-electron chi connectivity index (χ0n) is 19.9. The highest BCUT2D eigenvalue weighted by Gasteiger charge is 2.54. The van der Waals surface area contributed by atoms with Crippen molar-refractivity contribution < 1.29 is 14.3 Å². The SMILES string of the molecule is COc1ccc(C(=O)NC[C@@H]2C[C@@H]3C[C@@H]3N2C(=O)c2nc(C)sc2-c2cccc(C)c2)cc1C. The van der Waals surface area contributed by atoms with Gasteiger partial charge in [0.05, 0.1) is 23.0 Å². The highest BCUT2D eigenvalue weighted by Crippen LogP contribution is 2.48. The maximum atomic E-state index is 13.8. The molecule has 3 aromatic rings. The van der Waals surface area contributed by atoms with E-state index in [4.69, 9.17) is 4.74 Å². The number of aromatic nitrogens is 1. The number of nitrogens with one attached hydrogen (secondary N) is 1.